The molecule has 0 fully saturated rings. The average Bonchev–Trinajstić information content (AvgIpc) is 2.84. The van der Waals surface area contributed by atoms with Gasteiger partial charge in [0.05, 0.1) is 25.4 Å². The quantitative estimate of drug-likeness (QED) is 0.630. The number of aliphatic hydroxyl groups is 1. The lowest BCUT2D eigenvalue weighted by Crippen LogP contribution is -2.31. The molecule has 1 heterocycles. The summed E-state index contributed by atoms with van der Waals surface area (Å²) in [5.41, 5.74) is 2.28. The number of aliphatic hydroxyl groups excluding tert-OH is 1. The Morgan fingerprint density at radius 2 is 2.45 bits per heavy atom. The summed E-state index contributed by atoms with van der Waals surface area (Å²) >= 11 is 0. The number of rotatable bonds is 7. The van der Waals surface area contributed by atoms with Crippen molar-refractivity contribution in [3.63, 3.8) is 0 Å². The molecule has 0 radical (unpaired) electrons. The van der Waals surface area contributed by atoms with Crippen molar-refractivity contribution in [3.05, 3.63) is 17.5 Å². The lowest BCUT2D eigenvalue weighted by Gasteiger charge is -2.24. The van der Waals surface area contributed by atoms with Crippen LogP contribution in [0.25, 0.3) is 0 Å². The highest BCUT2D eigenvalue weighted by atomic mass is 16.3. The molecule has 0 spiro atoms. The van der Waals surface area contributed by atoms with E-state index in [2.05, 4.69) is 15.7 Å². The molecule has 112 valence electrons. The molecule has 1 amide bonds. The fraction of sp³-hybridized carbons (Fsp3) is 0.714. The number of fused-ring (bicyclic) bond motifs is 1. The molecule has 1 atom stereocenters. The van der Waals surface area contributed by atoms with E-state index in [0.29, 0.717) is 13.0 Å². The van der Waals surface area contributed by atoms with E-state index in [-0.39, 0.29) is 18.6 Å². The first-order valence-electron chi connectivity index (χ1n) is 7.35. The largest absolute Gasteiger partial charge is 0.394 e. The smallest absolute Gasteiger partial charge is 0.220 e. The highest BCUT2D eigenvalue weighted by Crippen LogP contribution is 2.29. The average molecular weight is 280 g/mol. The molecule has 1 aromatic heterocycles. The van der Waals surface area contributed by atoms with Crippen LogP contribution in [0.3, 0.4) is 0 Å². The summed E-state index contributed by atoms with van der Waals surface area (Å²) in [6.07, 6.45) is 6.23. The summed E-state index contributed by atoms with van der Waals surface area (Å²) < 4.78 is 1.86. The third-order valence-corrected chi connectivity index (χ3v) is 3.74. The Hall–Kier alpha value is -1.40. The van der Waals surface area contributed by atoms with E-state index in [1.165, 1.54) is 0 Å². The third kappa shape index (κ3) is 3.58. The maximum Gasteiger partial charge on any atom is 0.220 e. The number of hydrogen-bond acceptors (Lipinski definition) is 4. The molecule has 6 nitrogen and oxygen atoms in total. The zero-order valence-electron chi connectivity index (χ0n) is 12.1. The number of hydrogen-bond donors (Lipinski definition) is 3. The van der Waals surface area contributed by atoms with E-state index >= 15 is 0 Å². The number of nitrogens with zero attached hydrogens (tertiary/aromatic N) is 2. The number of carbonyl (C=O) groups excluding carboxylic acids is 1. The second kappa shape index (κ2) is 7.40. The highest BCUT2D eigenvalue weighted by molar-refractivity contribution is 5.76. The molecule has 0 saturated carbocycles. The number of carbonyl (C=O) groups is 1. The van der Waals surface area contributed by atoms with Crippen molar-refractivity contribution in [2.45, 2.75) is 44.7 Å². The van der Waals surface area contributed by atoms with Crippen molar-refractivity contribution in [2.24, 2.45) is 0 Å². The fourth-order valence-electron chi connectivity index (χ4n) is 2.75. The molecule has 1 aliphatic carbocycles. The van der Waals surface area contributed by atoms with Gasteiger partial charge in [0.2, 0.25) is 5.91 Å². The normalized spacial score (nSPS) is 17.8. The molecule has 6 heteroatoms. The van der Waals surface area contributed by atoms with E-state index in [4.69, 9.17) is 5.11 Å². The van der Waals surface area contributed by atoms with Crippen LogP contribution in [0.4, 0.5) is 0 Å². The van der Waals surface area contributed by atoms with E-state index in [1.807, 2.05) is 17.9 Å². The highest BCUT2D eigenvalue weighted by Gasteiger charge is 2.25. The van der Waals surface area contributed by atoms with Crippen LogP contribution in [-0.4, -0.2) is 41.0 Å². The predicted octanol–water partition coefficient (Wildman–Crippen LogP) is 0.369. The standard InChI is InChI=1S/C14H24N4O2/c1-15-7-3-6-14(20)17-12-4-2-5-13-11(12)10-16-18(13)8-9-19/h10,12,15,19H,2-9H2,1H3,(H,17,20). The van der Waals surface area contributed by atoms with E-state index in [9.17, 15) is 4.79 Å². The molecule has 3 N–H and O–H groups in total. The van der Waals surface area contributed by atoms with Crippen LogP contribution in [0.5, 0.6) is 0 Å². The molecule has 1 aromatic rings. The molecule has 1 aliphatic rings. The van der Waals surface area contributed by atoms with Crippen LogP contribution in [0.1, 0.15) is 43.0 Å². The maximum atomic E-state index is 11.9. The van der Waals surface area contributed by atoms with Gasteiger partial charge in [-0.05, 0) is 39.3 Å². The predicted molar refractivity (Wildman–Crippen MR) is 76.3 cm³/mol. The Morgan fingerprint density at radius 1 is 1.60 bits per heavy atom. The first-order chi connectivity index (χ1) is 9.76. The van der Waals surface area contributed by atoms with Crippen molar-refractivity contribution in [1.29, 1.82) is 0 Å². The van der Waals surface area contributed by atoms with Gasteiger partial charge >= 0.3 is 0 Å². The van der Waals surface area contributed by atoms with Crippen molar-refractivity contribution in [3.8, 4) is 0 Å². The minimum Gasteiger partial charge on any atom is -0.394 e. The van der Waals surface area contributed by atoms with Crippen LogP contribution in [0.15, 0.2) is 6.20 Å². The van der Waals surface area contributed by atoms with Crippen molar-refractivity contribution >= 4 is 5.91 Å². The first-order valence-corrected chi connectivity index (χ1v) is 7.35. The van der Waals surface area contributed by atoms with Gasteiger partial charge in [-0.25, -0.2) is 0 Å². The zero-order chi connectivity index (χ0) is 14.4. The Labute approximate surface area is 119 Å². The van der Waals surface area contributed by atoms with Crippen molar-refractivity contribution in [2.75, 3.05) is 20.2 Å². The van der Waals surface area contributed by atoms with E-state index < -0.39 is 0 Å². The Bertz CT molecular complexity index is 444. The monoisotopic (exact) mass is 280 g/mol. The minimum absolute atomic E-state index is 0.0771. The number of amides is 1. The second-order valence-electron chi connectivity index (χ2n) is 5.21. The van der Waals surface area contributed by atoms with Gasteiger partial charge in [-0.3, -0.25) is 9.48 Å². The summed E-state index contributed by atoms with van der Waals surface area (Å²) in [7, 11) is 1.89. The summed E-state index contributed by atoms with van der Waals surface area (Å²) in [6.45, 7) is 1.48. The molecular formula is C14H24N4O2. The van der Waals surface area contributed by atoms with Gasteiger partial charge in [-0.15, -0.1) is 0 Å². The van der Waals surface area contributed by atoms with Crippen molar-refractivity contribution in [1.82, 2.24) is 20.4 Å². The van der Waals surface area contributed by atoms with Crippen LogP contribution in [0.2, 0.25) is 0 Å². The molecule has 0 saturated heterocycles. The van der Waals surface area contributed by atoms with Gasteiger partial charge in [0.15, 0.2) is 0 Å². The SMILES string of the molecule is CNCCCC(=O)NC1CCCc2c1cnn2CCO. The summed E-state index contributed by atoms with van der Waals surface area (Å²) in [6, 6.07) is 0.0771. The molecule has 0 bridgehead atoms. The molecule has 0 aromatic carbocycles. The third-order valence-electron chi connectivity index (χ3n) is 3.74. The van der Waals surface area contributed by atoms with Gasteiger partial charge in [0, 0.05) is 17.7 Å². The van der Waals surface area contributed by atoms with Gasteiger partial charge in [-0.2, -0.15) is 5.10 Å². The molecule has 2 rings (SSSR count). The molecular weight excluding hydrogens is 256 g/mol. The van der Waals surface area contributed by atoms with Crippen LogP contribution < -0.4 is 10.6 Å². The zero-order valence-corrected chi connectivity index (χ0v) is 12.1. The number of aromatic nitrogens is 2. The van der Waals surface area contributed by atoms with E-state index in [1.54, 1.807) is 0 Å². The van der Waals surface area contributed by atoms with Gasteiger partial charge < -0.3 is 15.7 Å². The van der Waals surface area contributed by atoms with Crippen LogP contribution in [0, 0.1) is 0 Å². The Morgan fingerprint density at radius 3 is 3.20 bits per heavy atom. The Kier molecular flexibility index (Phi) is 5.55. The molecule has 20 heavy (non-hydrogen) atoms. The lowest BCUT2D eigenvalue weighted by molar-refractivity contribution is -0.122. The summed E-state index contributed by atoms with van der Waals surface area (Å²) in [4.78, 5) is 11.9. The first kappa shape index (κ1) is 15.0. The lowest BCUT2D eigenvalue weighted by atomic mass is 9.93. The topological polar surface area (TPSA) is 79.2 Å². The molecule has 1 unspecified atom stereocenters. The summed E-state index contributed by atoms with van der Waals surface area (Å²) in [5.74, 6) is 0.105. The summed E-state index contributed by atoms with van der Waals surface area (Å²) in [5, 5.41) is 19.5. The van der Waals surface area contributed by atoms with Crippen LogP contribution in [-0.2, 0) is 17.8 Å². The van der Waals surface area contributed by atoms with Crippen molar-refractivity contribution < 1.29 is 9.90 Å². The Balaban J connectivity index is 1.96. The van der Waals surface area contributed by atoms with E-state index in [0.717, 1.165) is 43.5 Å². The number of nitrogens with one attached hydrogen (secondary N) is 2. The minimum atomic E-state index is 0.0771. The van der Waals surface area contributed by atoms with Crippen LogP contribution >= 0.6 is 0 Å². The fourth-order valence-corrected chi connectivity index (χ4v) is 2.75. The van der Waals surface area contributed by atoms with Gasteiger partial charge in [0.1, 0.15) is 0 Å². The van der Waals surface area contributed by atoms with Gasteiger partial charge in [0.25, 0.3) is 0 Å². The maximum absolute atomic E-state index is 11.9. The van der Waals surface area contributed by atoms with Gasteiger partial charge in [-0.1, -0.05) is 0 Å². The molecule has 0 aliphatic heterocycles. The second-order valence-corrected chi connectivity index (χ2v) is 5.21.